The van der Waals surface area contributed by atoms with E-state index < -0.39 is 16.7 Å². The van der Waals surface area contributed by atoms with Crippen molar-refractivity contribution >= 4 is 35.1 Å². The highest BCUT2D eigenvalue weighted by Gasteiger charge is 2.37. The quantitative estimate of drug-likeness (QED) is 0.498. The van der Waals surface area contributed by atoms with E-state index in [1.54, 1.807) is 0 Å². The summed E-state index contributed by atoms with van der Waals surface area (Å²) in [5.41, 5.74) is 0.742. The number of nitrogens with one attached hydrogen (secondary N) is 1. The van der Waals surface area contributed by atoms with Crippen molar-refractivity contribution in [3.05, 3.63) is 52.3 Å². The minimum Gasteiger partial charge on any atom is -0.395 e. The number of likely N-dealkylation sites (tertiary alicyclic amines) is 1. The first kappa shape index (κ1) is 17.0. The third kappa shape index (κ3) is 3.50. The van der Waals surface area contributed by atoms with E-state index in [1.807, 2.05) is 30.5 Å². The lowest BCUT2D eigenvalue weighted by atomic mass is 9.98. The largest absolute Gasteiger partial charge is 0.433 e. The predicted molar refractivity (Wildman–Crippen MR) is 91.6 cm³/mol. The van der Waals surface area contributed by atoms with Gasteiger partial charge in [0.1, 0.15) is 4.92 Å². The highest BCUT2D eigenvalue weighted by atomic mass is 32.2. The molecular formula is C16H15N3O5S. The van der Waals surface area contributed by atoms with Crippen LogP contribution >= 0.6 is 11.8 Å². The zero-order valence-electron chi connectivity index (χ0n) is 13.3. The number of nitro groups is 1. The van der Waals surface area contributed by atoms with Gasteiger partial charge >= 0.3 is 5.88 Å². The molecule has 1 saturated heterocycles. The summed E-state index contributed by atoms with van der Waals surface area (Å²) in [6, 6.07) is 9.89. The number of nitrogens with zero attached hydrogens (tertiary/aromatic N) is 2. The maximum Gasteiger partial charge on any atom is 0.433 e. The first-order valence-electron chi connectivity index (χ1n) is 7.47. The molecule has 9 heteroatoms. The van der Waals surface area contributed by atoms with E-state index in [9.17, 15) is 19.7 Å². The molecule has 2 amide bonds. The van der Waals surface area contributed by atoms with Gasteiger partial charge in [-0.3, -0.25) is 19.7 Å². The lowest BCUT2D eigenvalue weighted by molar-refractivity contribution is -0.402. The van der Waals surface area contributed by atoms with Crippen molar-refractivity contribution in [3.8, 4) is 0 Å². The van der Waals surface area contributed by atoms with E-state index in [0.717, 1.165) is 16.6 Å². The van der Waals surface area contributed by atoms with Gasteiger partial charge in [0, 0.05) is 18.0 Å². The molecule has 2 heterocycles. The summed E-state index contributed by atoms with van der Waals surface area (Å²) in [6.07, 6.45) is 1.93. The fraction of sp³-hybridized carbons (Fsp3) is 0.250. The van der Waals surface area contributed by atoms with Gasteiger partial charge in [-0.15, -0.1) is 11.8 Å². The SMILES string of the molecule is CSc1ccccc1NC(=O)C1CN(C(=O)c2ccc([N+](=O)[O-])o2)C1. The molecule has 1 aromatic heterocycles. The van der Waals surface area contributed by atoms with E-state index in [0.29, 0.717) is 0 Å². The Hall–Kier alpha value is -2.81. The van der Waals surface area contributed by atoms with Crippen LogP contribution in [0.2, 0.25) is 0 Å². The molecule has 0 aliphatic carbocycles. The first-order chi connectivity index (χ1) is 12.0. The van der Waals surface area contributed by atoms with Gasteiger partial charge in [0.2, 0.25) is 5.91 Å². The Kier molecular flexibility index (Phi) is 4.75. The van der Waals surface area contributed by atoms with E-state index in [4.69, 9.17) is 4.42 Å². The van der Waals surface area contributed by atoms with E-state index >= 15 is 0 Å². The molecule has 0 unspecified atom stereocenters. The molecule has 25 heavy (non-hydrogen) atoms. The number of para-hydroxylation sites is 1. The van der Waals surface area contributed by atoms with E-state index in [1.165, 1.54) is 22.7 Å². The zero-order valence-corrected chi connectivity index (χ0v) is 14.1. The van der Waals surface area contributed by atoms with Crippen LogP contribution in [0.4, 0.5) is 11.6 Å². The van der Waals surface area contributed by atoms with E-state index in [2.05, 4.69) is 5.32 Å². The van der Waals surface area contributed by atoms with Gasteiger partial charge in [-0.25, -0.2) is 0 Å². The number of hydrogen-bond donors (Lipinski definition) is 1. The third-order valence-electron chi connectivity index (χ3n) is 3.89. The normalized spacial score (nSPS) is 14.0. The number of thioether (sulfide) groups is 1. The third-order valence-corrected chi connectivity index (χ3v) is 4.68. The summed E-state index contributed by atoms with van der Waals surface area (Å²) in [7, 11) is 0. The molecule has 1 aliphatic heterocycles. The van der Waals surface area contributed by atoms with Crippen LogP contribution in [0.3, 0.4) is 0 Å². The number of carbonyl (C=O) groups is 2. The number of hydrogen-bond acceptors (Lipinski definition) is 6. The van der Waals surface area contributed by atoms with Crippen LogP contribution in [0.25, 0.3) is 0 Å². The summed E-state index contributed by atoms with van der Waals surface area (Å²) in [4.78, 5) is 36.7. The maximum atomic E-state index is 12.3. The van der Waals surface area contributed by atoms with Gasteiger partial charge < -0.3 is 14.6 Å². The Morgan fingerprint density at radius 3 is 2.64 bits per heavy atom. The number of anilines is 1. The van der Waals surface area contributed by atoms with Gasteiger partial charge in [-0.05, 0) is 24.5 Å². The molecule has 1 aromatic carbocycles. The molecular weight excluding hydrogens is 346 g/mol. The minimum absolute atomic E-state index is 0.0988. The molecule has 1 fully saturated rings. The molecule has 0 radical (unpaired) electrons. The average molecular weight is 361 g/mol. The Morgan fingerprint density at radius 1 is 1.28 bits per heavy atom. The van der Waals surface area contributed by atoms with Crippen molar-refractivity contribution in [1.82, 2.24) is 4.90 Å². The molecule has 8 nitrogen and oxygen atoms in total. The number of amides is 2. The highest BCUT2D eigenvalue weighted by Crippen LogP contribution is 2.27. The summed E-state index contributed by atoms with van der Waals surface area (Å²) in [6.45, 7) is 0.501. The second-order valence-electron chi connectivity index (χ2n) is 5.49. The van der Waals surface area contributed by atoms with Crippen LogP contribution < -0.4 is 5.32 Å². The maximum absolute atomic E-state index is 12.3. The fourth-order valence-corrected chi connectivity index (χ4v) is 3.04. The molecule has 0 saturated carbocycles. The van der Waals surface area contributed by atoms with Crippen molar-refractivity contribution in [1.29, 1.82) is 0 Å². The van der Waals surface area contributed by atoms with Crippen LogP contribution in [0.5, 0.6) is 0 Å². The monoisotopic (exact) mass is 361 g/mol. The molecule has 1 aliphatic rings. The minimum atomic E-state index is -0.702. The second kappa shape index (κ2) is 6.98. The molecule has 0 atom stereocenters. The van der Waals surface area contributed by atoms with E-state index in [-0.39, 0.29) is 30.7 Å². The number of rotatable bonds is 5. The Balaban J connectivity index is 1.57. The second-order valence-corrected chi connectivity index (χ2v) is 6.34. The Bertz CT molecular complexity index is 829. The van der Waals surface area contributed by atoms with Gasteiger partial charge in [-0.1, -0.05) is 12.1 Å². The molecule has 2 aromatic rings. The van der Waals surface area contributed by atoms with Crippen molar-refractivity contribution < 1.29 is 18.9 Å². The number of benzene rings is 1. The number of furan rings is 1. The van der Waals surface area contributed by atoms with Gasteiger partial charge in [0.15, 0.2) is 5.76 Å². The van der Waals surface area contributed by atoms with Crippen LogP contribution in [0, 0.1) is 16.0 Å². The average Bonchev–Trinajstić information content (AvgIpc) is 3.04. The lowest BCUT2D eigenvalue weighted by Crippen LogP contribution is -2.54. The summed E-state index contributed by atoms with van der Waals surface area (Å²) in [5, 5.41) is 13.5. The fourth-order valence-electron chi connectivity index (χ4n) is 2.49. The van der Waals surface area contributed by atoms with Crippen LogP contribution in [-0.2, 0) is 4.79 Å². The first-order valence-corrected chi connectivity index (χ1v) is 8.69. The Morgan fingerprint density at radius 2 is 2.00 bits per heavy atom. The topological polar surface area (TPSA) is 106 Å². The standard InChI is InChI=1S/C16H15N3O5S/c1-25-13-5-3-2-4-11(13)17-15(20)10-8-18(9-10)16(21)12-6-7-14(24-12)19(22)23/h2-7,10H,8-9H2,1H3,(H,17,20). The van der Waals surface area contributed by atoms with Gasteiger partial charge in [0.05, 0.1) is 17.7 Å². The molecule has 0 bridgehead atoms. The van der Waals surface area contributed by atoms with Crippen molar-refractivity contribution in [2.75, 3.05) is 24.7 Å². The zero-order chi connectivity index (χ0) is 18.0. The van der Waals surface area contributed by atoms with Gasteiger partial charge in [-0.2, -0.15) is 0 Å². The van der Waals surface area contributed by atoms with Gasteiger partial charge in [0.25, 0.3) is 5.91 Å². The lowest BCUT2D eigenvalue weighted by Gasteiger charge is -2.37. The summed E-state index contributed by atoms with van der Waals surface area (Å²) < 4.78 is 4.89. The predicted octanol–water partition coefficient (Wildman–Crippen LogP) is 2.62. The van der Waals surface area contributed by atoms with Crippen molar-refractivity contribution in [3.63, 3.8) is 0 Å². The van der Waals surface area contributed by atoms with Crippen LogP contribution in [0.15, 0.2) is 45.7 Å². The molecule has 0 spiro atoms. The molecule has 130 valence electrons. The summed E-state index contributed by atoms with van der Waals surface area (Å²) in [5.74, 6) is -1.51. The van der Waals surface area contributed by atoms with Crippen molar-refractivity contribution in [2.45, 2.75) is 4.90 Å². The van der Waals surface area contributed by atoms with Crippen molar-refractivity contribution in [2.24, 2.45) is 5.92 Å². The number of carbonyl (C=O) groups excluding carboxylic acids is 2. The molecule has 1 N–H and O–H groups in total. The van der Waals surface area contributed by atoms with Crippen LogP contribution in [-0.4, -0.2) is 41.0 Å². The summed E-state index contributed by atoms with van der Waals surface area (Å²) >= 11 is 1.54. The Labute approximate surface area is 147 Å². The smallest absolute Gasteiger partial charge is 0.395 e. The molecule has 3 rings (SSSR count). The van der Waals surface area contributed by atoms with Crippen LogP contribution in [0.1, 0.15) is 10.6 Å². The highest BCUT2D eigenvalue weighted by molar-refractivity contribution is 7.98.